The molecule has 0 aliphatic carbocycles. The fraction of sp³-hybridized carbons (Fsp3) is 0.500. The maximum Gasteiger partial charge on any atom is 0.0710 e. The molecule has 0 saturated heterocycles. The van der Waals surface area contributed by atoms with E-state index in [4.69, 9.17) is 4.98 Å². The van der Waals surface area contributed by atoms with Crippen LogP contribution in [0.3, 0.4) is 0 Å². The van der Waals surface area contributed by atoms with Gasteiger partial charge in [0.25, 0.3) is 0 Å². The van der Waals surface area contributed by atoms with E-state index in [1.807, 2.05) is 13.2 Å². The molecule has 2 aromatic rings. The van der Waals surface area contributed by atoms with Crippen LogP contribution in [0.1, 0.15) is 43.1 Å². The average molecular weight is 315 g/mol. The van der Waals surface area contributed by atoms with E-state index < -0.39 is 0 Å². The Balaban J connectivity index is 2.01. The van der Waals surface area contributed by atoms with E-state index in [1.165, 1.54) is 22.5 Å². The summed E-state index contributed by atoms with van der Waals surface area (Å²) in [5, 5.41) is 7.77. The third-order valence-electron chi connectivity index (χ3n) is 4.49. The van der Waals surface area contributed by atoms with Gasteiger partial charge >= 0.3 is 0 Å². The van der Waals surface area contributed by atoms with Gasteiger partial charge in [-0.05, 0) is 61.0 Å². The molecular weight excluding hydrogens is 290 g/mol. The molecule has 3 heterocycles. The zero-order valence-corrected chi connectivity index (χ0v) is 14.7. The predicted octanol–water partition coefficient (Wildman–Crippen LogP) is 3.90. The summed E-state index contributed by atoms with van der Waals surface area (Å²) < 4.78 is 0. The molecule has 1 unspecified atom stereocenters. The maximum atomic E-state index is 4.75. The molecule has 118 valence electrons. The Morgan fingerprint density at radius 3 is 2.95 bits per heavy atom. The highest BCUT2D eigenvalue weighted by Crippen LogP contribution is 2.44. The first kappa shape index (κ1) is 15.5. The van der Waals surface area contributed by atoms with Gasteiger partial charge in [0.05, 0.1) is 17.4 Å². The van der Waals surface area contributed by atoms with Gasteiger partial charge in [-0.15, -0.1) is 0 Å². The summed E-state index contributed by atoms with van der Waals surface area (Å²) in [6, 6.07) is 4.98. The summed E-state index contributed by atoms with van der Waals surface area (Å²) in [5.41, 5.74) is 5.32. The normalized spacial score (nSPS) is 17.5. The number of hydrogen-bond donors (Lipinski definition) is 1. The van der Waals surface area contributed by atoms with Crippen molar-refractivity contribution in [1.29, 1.82) is 0 Å². The second kappa shape index (κ2) is 6.01. The Kier molecular flexibility index (Phi) is 4.24. The molecule has 0 amide bonds. The lowest BCUT2D eigenvalue weighted by atomic mass is 9.91. The van der Waals surface area contributed by atoms with Crippen molar-refractivity contribution >= 4 is 17.0 Å². The second-order valence-electron chi connectivity index (χ2n) is 6.86. The van der Waals surface area contributed by atoms with E-state index in [9.17, 15) is 0 Å². The van der Waals surface area contributed by atoms with Gasteiger partial charge < -0.3 is 10.2 Å². The molecule has 2 aromatic heterocycles. The zero-order valence-electron chi connectivity index (χ0n) is 13.9. The summed E-state index contributed by atoms with van der Waals surface area (Å²) >= 11 is 1.78. The number of aryl methyl sites for hydroxylation is 1. The van der Waals surface area contributed by atoms with Crippen LogP contribution in [0.15, 0.2) is 29.1 Å². The Labute approximate surface area is 137 Å². The number of hydrogen-bond acceptors (Lipinski definition) is 4. The highest BCUT2D eigenvalue weighted by Gasteiger charge is 2.39. The molecule has 1 atom stereocenters. The number of nitrogens with zero attached hydrogens (tertiary/aromatic N) is 2. The molecule has 22 heavy (non-hydrogen) atoms. The first-order chi connectivity index (χ1) is 10.5. The van der Waals surface area contributed by atoms with Crippen LogP contribution in [0.2, 0.25) is 0 Å². The van der Waals surface area contributed by atoms with Crippen molar-refractivity contribution in [2.24, 2.45) is 0 Å². The lowest BCUT2D eigenvalue weighted by Gasteiger charge is -2.31. The Morgan fingerprint density at radius 2 is 2.27 bits per heavy atom. The van der Waals surface area contributed by atoms with E-state index >= 15 is 0 Å². The Morgan fingerprint density at radius 1 is 1.45 bits per heavy atom. The molecule has 1 aliphatic heterocycles. The quantitative estimate of drug-likeness (QED) is 0.907. The zero-order chi connectivity index (χ0) is 15.7. The van der Waals surface area contributed by atoms with Crippen molar-refractivity contribution in [2.45, 2.75) is 38.6 Å². The largest absolute Gasteiger partial charge is 0.362 e. The number of aromatic nitrogens is 1. The summed E-state index contributed by atoms with van der Waals surface area (Å²) in [4.78, 5) is 7.32. The number of pyridine rings is 1. The molecule has 3 rings (SSSR count). The van der Waals surface area contributed by atoms with Gasteiger partial charge in [0.1, 0.15) is 0 Å². The van der Waals surface area contributed by atoms with Crippen LogP contribution < -0.4 is 10.2 Å². The minimum atomic E-state index is 0.108. The van der Waals surface area contributed by atoms with Crippen LogP contribution in [0.25, 0.3) is 0 Å². The SMILES string of the molecule is CNCCC(c1ccsc1)N1CC(C)(C)c2ncc(C)cc21. The summed E-state index contributed by atoms with van der Waals surface area (Å²) in [6.45, 7) is 8.78. The first-order valence-corrected chi connectivity index (χ1v) is 8.87. The highest BCUT2D eigenvalue weighted by atomic mass is 32.1. The van der Waals surface area contributed by atoms with Crippen molar-refractivity contribution < 1.29 is 0 Å². The van der Waals surface area contributed by atoms with Gasteiger partial charge in [-0.3, -0.25) is 4.98 Å². The van der Waals surface area contributed by atoms with Crippen molar-refractivity contribution in [3.63, 3.8) is 0 Å². The number of nitrogens with one attached hydrogen (secondary N) is 1. The molecule has 3 nitrogen and oxygen atoms in total. The van der Waals surface area contributed by atoms with Gasteiger partial charge in [0.15, 0.2) is 0 Å². The fourth-order valence-electron chi connectivity index (χ4n) is 3.41. The lowest BCUT2D eigenvalue weighted by Crippen LogP contribution is -2.33. The van der Waals surface area contributed by atoms with E-state index in [-0.39, 0.29) is 5.41 Å². The maximum absolute atomic E-state index is 4.75. The topological polar surface area (TPSA) is 28.2 Å². The third-order valence-corrected chi connectivity index (χ3v) is 5.19. The monoisotopic (exact) mass is 315 g/mol. The summed E-state index contributed by atoms with van der Waals surface area (Å²) in [5.74, 6) is 0. The van der Waals surface area contributed by atoms with Crippen LogP contribution in [0.4, 0.5) is 5.69 Å². The predicted molar refractivity (Wildman–Crippen MR) is 94.9 cm³/mol. The highest BCUT2D eigenvalue weighted by molar-refractivity contribution is 7.08. The average Bonchev–Trinajstić information content (AvgIpc) is 3.07. The van der Waals surface area contributed by atoms with Gasteiger partial charge in [-0.25, -0.2) is 0 Å². The van der Waals surface area contributed by atoms with E-state index in [1.54, 1.807) is 11.3 Å². The summed E-state index contributed by atoms with van der Waals surface area (Å²) in [6.07, 6.45) is 3.11. The van der Waals surface area contributed by atoms with Gasteiger partial charge in [0.2, 0.25) is 0 Å². The molecule has 4 heteroatoms. The van der Waals surface area contributed by atoms with E-state index in [0.29, 0.717) is 6.04 Å². The number of rotatable bonds is 5. The Hall–Kier alpha value is -1.39. The van der Waals surface area contributed by atoms with Crippen molar-refractivity contribution in [3.05, 3.63) is 45.9 Å². The molecule has 0 spiro atoms. The van der Waals surface area contributed by atoms with Crippen LogP contribution in [-0.4, -0.2) is 25.1 Å². The van der Waals surface area contributed by atoms with Gasteiger partial charge in [-0.1, -0.05) is 13.8 Å². The van der Waals surface area contributed by atoms with Gasteiger partial charge in [-0.2, -0.15) is 11.3 Å². The van der Waals surface area contributed by atoms with Crippen LogP contribution in [0, 0.1) is 6.92 Å². The van der Waals surface area contributed by atoms with Crippen LogP contribution in [-0.2, 0) is 5.41 Å². The molecule has 1 aliphatic rings. The molecule has 0 bridgehead atoms. The summed E-state index contributed by atoms with van der Waals surface area (Å²) in [7, 11) is 2.03. The Bertz CT molecular complexity index is 634. The first-order valence-electron chi connectivity index (χ1n) is 7.93. The number of fused-ring (bicyclic) bond motifs is 1. The molecule has 0 aromatic carbocycles. The molecule has 0 radical (unpaired) electrons. The number of thiophene rings is 1. The fourth-order valence-corrected chi connectivity index (χ4v) is 4.11. The van der Waals surface area contributed by atoms with Crippen LogP contribution in [0.5, 0.6) is 0 Å². The molecule has 0 fully saturated rings. The standard InChI is InChI=1S/C18H25N3S/c1-13-9-16-17(20-10-13)18(2,3)12-21(16)15(5-7-19-4)14-6-8-22-11-14/h6,8-11,15,19H,5,7,12H2,1-4H3. The van der Waals surface area contributed by atoms with Gasteiger partial charge in [0, 0.05) is 18.2 Å². The minimum Gasteiger partial charge on any atom is -0.362 e. The molecule has 1 N–H and O–H groups in total. The lowest BCUT2D eigenvalue weighted by molar-refractivity contribution is 0.491. The molecular formula is C18H25N3S. The van der Waals surface area contributed by atoms with Crippen molar-refractivity contribution in [3.8, 4) is 0 Å². The molecule has 0 saturated carbocycles. The number of anilines is 1. The second-order valence-corrected chi connectivity index (χ2v) is 7.64. The minimum absolute atomic E-state index is 0.108. The third kappa shape index (κ3) is 2.77. The smallest absolute Gasteiger partial charge is 0.0710 e. The van der Waals surface area contributed by atoms with Crippen molar-refractivity contribution in [2.75, 3.05) is 25.0 Å². The van der Waals surface area contributed by atoms with E-state index in [0.717, 1.165) is 19.5 Å². The van der Waals surface area contributed by atoms with E-state index in [2.05, 4.69) is 53.9 Å². The van der Waals surface area contributed by atoms with Crippen LogP contribution >= 0.6 is 11.3 Å². The van der Waals surface area contributed by atoms with Crippen molar-refractivity contribution in [1.82, 2.24) is 10.3 Å².